The minimum Gasteiger partial charge on any atom is -0.468 e. The van der Waals surface area contributed by atoms with Crippen LogP contribution in [0, 0.1) is 6.92 Å². The minimum absolute atomic E-state index is 0.109. The van der Waals surface area contributed by atoms with Gasteiger partial charge in [-0.1, -0.05) is 60.7 Å². The van der Waals surface area contributed by atoms with E-state index in [0.29, 0.717) is 17.1 Å². The van der Waals surface area contributed by atoms with Gasteiger partial charge in [0.1, 0.15) is 16.4 Å². The Balaban J connectivity index is 1.89. The smallest absolute Gasteiger partial charge is 0.325 e. The first-order valence-electron chi connectivity index (χ1n) is 8.51. The molecule has 138 valence electrons. The second kappa shape index (κ2) is 8.60. The van der Waals surface area contributed by atoms with Crippen LogP contribution in [0.5, 0.6) is 0 Å². The molecule has 0 aliphatic carbocycles. The molecule has 0 fully saturated rings. The molecule has 0 N–H and O–H groups in total. The van der Waals surface area contributed by atoms with Gasteiger partial charge >= 0.3 is 5.97 Å². The Morgan fingerprint density at radius 3 is 2.30 bits per heavy atom. The molecule has 3 aromatic rings. The van der Waals surface area contributed by atoms with Gasteiger partial charge in [-0.05, 0) is 12.5 Å². The highest BCUT2D eigenvalue weighted by Crippen LogP contribution is 2.29. The molecule has 6 heteroatoms. The van der Waals surface area contributed by atoms with Crippen molar-refractivity contribution in [3.05, 3.63) is 76.8 Å². The molecule has 0 aliphatic rings. The minimum atomic E-state index is -0.454. The van der Waals surface area contributed by atoms with Gasteiger partial charge in [-0.2, -0.15) is 0 Å². The Morgan fingerprint density at radius 1 is 1.04 bits per heavy atom. The van der Waals surface area contributed by atoms with Crippen molar-refractivity contribution >= 4 is 23.2 Å². The highest BCUT2D eigenvalue weighted by Gasteiger charge is 2.24. The zero-order valence-corrected chi connectivity index (χ0v) is 16.0. The highest BCUT2D eigenvalue weighted by atomic mass is 32.1. The molecule has 0 saturated carbocycles. The van der Waals surface area contributed by atoms with Gasteiger partial charge in [0.05, 0.1) is 12.8 Å². The highest BCUT2D eigenvalue weighted by molar-refractivity contribution is 7.17. The maximum Gasteiger partial charge on any atom is 0.325 e. The van der Waals surface area contributed by atoms with Crippen LogP contribution in [0.4, 0.5) is 0 Å². The molecule has 1 heterocycles. The van der Waals surface area contributed by atoms with Crippen molar-refractivity contribution < 1.29 is 14.3 Å². The first-order valence-corrected chi connectivity index (χ1v) is 9.33. The monoisotopic (exact) mass is 380 g/mol. The molecule has 3 rings (SSSR count). The molecule has 1 amide bonds. The van der Waals surface area contributed by atoms with Gasteiger partial charge < -0.3 is 9.64 Å². The Hall–Kier alpha value is -2.99. The quantitative estimate of drug-likeness (QED) is 0.608. The Bertz CT molecular complexity index is 923. The Kier molecular flexibility index (Phi) is 5.98. The Morgan fingerprint density at radius 2 is 1.67 bits per heavy atom. The van der Waals surface area contributed by atoms with Crippen molar-refractivity contribution in [3.8, 4) is 10.6 Å². The number of aryl methyl sites for hydroxylation is 1. The molecular formula is C21H20N2O3S. The van der Waals surface area contributed by atoms with E-state index in [-0.39, 0.29) is 12.5 Å². The average Bonchev–Trinajstić information content (AvgIpc) is 3.10. The van der Waals surface area contributed by atoms with E-state index >= 15 is 0 Å². The van der Waals surface area contributed by atoms with Gasteiger partial charge in [-0.3, -0.25) is 9.59 Å². The molecule has 5 nitrogen and oxygen atoms in total. The van der Waals surface area contributed by atoms with Crippen LogP contribution in [-0.4, -0.2) is 35.4 Å². The van der Waals surface area contributed by atoms with Crippen LogP contribution in [0.3, 0.4) is 0 Å². The van der Waals surface area contributed by atoms with Crippen molar-refractivity contribution in [2.24, 2.45) is 0 Å². The van der Waals surface area contributed by atoms with E-state index in [4.69, 9.17) is 4.74 Å². The fourth-order valence-electron chi connectivity index (χ4n) is 2.67. The largest absolute Gasteiger partial charge is 0.468 e. The fraction of sp³-hybridized carbons (Fsp3) is 0.190. The lowest BCUT2D eigenvalue weighted by atomic mass is 10.2. The number of nitrogens with zero attached hydrogens (tertiary/aromatic N) is 2. The molecular weight excluding hydrogens is 360 g/mol. The third-order valence-electron chi connectivity index (χ3n) is 4.06. The number of rotatable bonds is 6. The summed E-state index contributed by atoms with van der Waals surface area (Å²) in [5, 5.41) is 0.786. The van der Waals surface area contributed by atoms with Crippen molar-refractivity contribution in [2.75, 3.05) is 13.7 Å². The number of ether oxygens (including phenoxy) is 1. The first kappa shape index (κ1) is 18.8. The third-order valence-corrected chi connectivity index (χ3v) is 5.26. The number of carbonyl (C=O) groups excluding carboxylic acids is 2. The molecule has 0 unspecified atom stereocenters. The van der Waals surface area contributed by atoms with E-state index in [2.05, 4.69) is 4.98 Å². The van der Waals surface area contributed by atoms with Crippen LogP contribution >= 0.6 is 11.3 Å². The number of hydrogen-bond donors (Lipinski definition) is 0. The first-order chi connectivity index (χ1) is 13.1. The molecule has 1 aromatic heterocycles. The molecule has 0 spiro atoms. The van der Waals surface area contributed by atoms with Gasteiger partial charge in [0.25, 0.3) is 5.91 Å². The SMILES string of the molecule is COC(=O)CN(Cc1ccccc1)C(=O)c1sc(-c2ccccc2)nc1C. The van der Waals surface area contributed by atoms with E-state index in [1.54, 1.807) is 0 Å². The topological polar surface area (TPSA) is 59.5 Å². The lowest BCUT2D eigenvalue weighted by molar-refractivity contribution is -0.141. The van der Waals surface area contributed by atoms with E-state index in [1.165, 1.54) is 23.3 Å². The van der Waals surface area contributed by atoms with Crippen LogP contribution in [0.15, 0.2) is 60.7 Å². The lowest BCUT2D eigenvalue weighted by Gasteiger charge is -2.21. The maximum atomic E-state index is 13.2. The molecule has 0 bridgehead atoms. The molecule has 0 aliphatic heterocycles. The third kappa shape index (κ3) is 4.60. The molecule has 2 aromatic carbocycles. The number of thiazole rings is 1. The predicted molar refractivity (Wildman–Crippen MR) is 105 cm³/mol. The van der Waals surface area contributed by atoms with Crippen LogP contribution in [0.25, 0.3) is 10.6 Å². The predicted octanol–water partition coefficient (Wildman–Crippen LogP) is 3.93. The zero-order valence-electron chi connectivity index (χ0n) is 15.2. The number of carbonyl (C=O) groups is 2. The van der Waals surface area contributed by atoms with Crippen LogP contribution in [0.2, 0.25) is 0 Å². The number of aromatic nitrogens is 1. The van der Waals surface area contributed by atoms with E-state index < -0.39 is 5.97 Å². The summed E-state index contributed by atoms with van der Waals surface area (Å²) < 4.78 is 4.76. The van der Waals surface area contributed by atoms with Crippen molar-refractivity contribution in [1.29, 1.82) is 0 Å². The summed E-state index contributed by atoms with van der Waals surface area (Å²) in [7, 11) is 1.32. The summed E-state index contributed by atoms with van der Waals surface area (Å²) in [6.07, 6.45) is 0. The number of esters is 1. The second-order valence-electron chi connectivity index (χ2n) is 6.02. The van der Waals surface area contributed by atoms with Gasteiger partial charge in [-0.15, -0.1) is 11.3 Å². The maximum absolute atomic E-state index is 13.2. The van der Waals surface area contributed by atoms with Gasteiger partial charge in [0.15, 0.2) is 0 Å². The van der Waals surface area contributed by atoms with Gasteiger partial charge in [-0.25, -0.2) is 4.98 Å². The fourth-order valence-corrected chi connectivity index (χ4v) is 3.71. The number of methoxy groups -OCH3 is 1. The number of amides is 1. The van der Waals surface area contributed by atoms with E-state index in [0.717, 1.165) is 16.1 Å². The summed E-state index contributed by atoms with van der Waals surface area (Å²) in [6, 6.07) is 19.3. The van der Waals surface area contributed by atoms with E-state index in [1.807, 2.05) is 67.6 Å². The van der Waals surface area contributed by atoms with Crippen LogP contribution < -0.4 is 0 Å². The zero-order chi connectivity index (χ0) is 19.2. The van der Waals surface area contributed by atoms with Crippen molar-refractivity contribution in [2.45, 2.75) is 13.5 Å². The standard InChI is InChI=1S/C21H20N2O3S/c1-15-19(27-20(22-15)17-11-7-4-8-12-17)21(25)23(14-18(24)26-2)13-16-9-5-3-6-10-16/h3-12H,13-14H2,1-2H3. The van der Waals surface area contributed by atoms with Gasteiger partial charge in [0, 0.05) is 12.1 Å². The molecule has 0 atom stereocenters. The summed E-state index contributed by atoms with van der Waals surface area (Å²) in [5.41, 5.74) is 2.57. The summed E-state index contributed by atoms with van der Waals surface area (Å²) in [4.78, 5) is 31.6. The number of benzene rings is 2. The summed E-state index contributed by atoms with van der Waals surface area (Å²) >= 11 is 1.34. The van der Waals surface area contributed by atoms with Crippen LogP contribution in [0.1, 0.15) is 20.9 Å². The molecule has 0 radical (unpaired) electrons. The summed E-state index contributed by atoms with van der Waals surface area (Å²) in [5.74, 6) is -0.675. The lowest BCUT2D eigenvalue weighted by Crippen LogP contribution is -2.35. The van der Waals surface area contributed by atoms with Crippen molar-refractivity contribution in [1.82, 2.24) is 9.88 Å². The van der Waals surface area contributed by atoms with E-state index in [9.17, 15) is 9.59 Å². The van der Waals surface area contributed by atoms with Crippen molar-refractivity contribution in [3.63, 3.8) is 0 Å². The number of hydrogen-bond acceptors (Lipinski definition) is 5. The normalized spacial score (nSPS) is 10.4. The second-order valence-corrected chi connectivity index (χ2v) is 7.02. The van der Waals surface area contributed by atoms with Gasteiger partial charge in [0.2, 0.25) is 0 Å². The summed E-state index contributed by atoms with van der Waals surface area (Å²) in [6.45, 7) is 2.03. The molecule has 0 saturated heterocycles. The Labute approximate surface area is 162 Å². The van der Waals surface area contributed by atoms with Crippen LogP contribution in [-0.2, 0) is 16.1 Å². The average molecular weight is 380 g/mol. The molecule has 27 heavy (non-hydrogen) atoms.